The van der Waals surface area contributed by atoms with Crippen LogP contribution in [-0.4, -0.2) is 70.2 Å². The standard InChI is InChI=1S/C25H25N3O7/c1-2-33-25(32)27-11-8-16(9-12-27)28-21(17-5-3-4-10-26-17)20(23(30)24(28)31)22(29)15-6-7-18-19(13-15)35-14-34-18/h3-7,10,13,16,21,29H,2,8-9,11-12,14H2,1H3/b22-20-. The van der Waals surface area contributed by atoms with Crippen LogP contribution in [0.1, 0.15) is 37.1 Å². The lowest BCUT2D eigenvalue weighted by Crippen LogP contribution is -2.48. The Hall–Kier alpha value is -4.08. The lowest BCUT2D eigenvalue weighted by Gasteiger charge is -2.38. The van der Waals surface area contributed by atoms with E-state index in [0.717, 1.165) is 0 Å². The number of fused-ring (bicyclic) bond motifs is 1. The second kappa shape index (κ2) is 9.28. The first-order chi connectivity index (χ1) is 17.0. The van der Waals surface area contributed by atoms with Crippen molar-refractivity contribution >= 4 is 23.5 Å². The van der Waals surface area contributed by atoms with Crippen molar-refractivity contribution < 1.29 is 33.7 Å². The van der Waals surface area contributed by atoms with Gasteiger partial charge in [-0.2, -0.15) is 0 Å². The summed E-state index contributed by atoms with van der Waals surface area (Å²) in [7, 11) is 0. The molecule has 2 amide bonds. The van der Waals surface area contributed by atoms with Crippen molar-refractivity contribution in [2.75, 3.05) is 26.5 Å². The molecule has 4 heterocycles. The first kappa shape index (κ1) is 22.7. The minimum atomic E-state index is -0.860. The number of aromatic nitrogens is 1. The maximum Gasteiger partial charge on any atom is 0.409 e. The van der Waals surface area contributed by atoms with Crippen LogP contribution < -0.4 is 9.47 Å². The molecule has 1 N–H and O–H groups in total. The zero-order valence-electron chi connectivity index (χ0n) is 19.2. The fourth-order valence-corrected chi connectivity index (χ4v) is 4.80. The third-order valence-electron chi connectivity index (χ3n) is 6.48. The summed E-state index contributed by atoms with van der Waals surface area (Å²) >= 11 is 0. The summed E-state index contributed by atoms with van der Waals surface area (Å²) in [6, 6.07) is 8.91. The number of carbonyl (C=O) groups is 3. The molecule has 10 heteroatoms. The minimum Gasteiger partial charge on any atom is -0.507 e. The van der Waals surface area contributed by atoms with E-state index in [1.54, 1.807) is 54.4 Å². The normalized spacial score (nSPS) is 21.5. The van der Waals surface area contributed by atoms with Gasteiger partial charge in [-0.25, -0.2) is 4.79 Å². The second-order valence-electron chi connectivity index (χ2n) is 8.45. The quantitative estimate of drug-likeness (QED) is 0.404. The number of benzene rings is 1. The number of rotatable bonds is 4. The van der Waals surface area contributed by atoms with Gasteiger partial charge in [0.25, 0.3) is 11.7 Å². The number of hydrogen-bond acceptors (Lipinski definition) is 8. The van der Waals surface area contributed by atoms with Crippen molar-refractivity contribution in [1.29, 1.82) is 0 Å². The summed E-state index contributed by atoms with van der Waals surface area (Å²) < 4.78 is 15.8. The van der Waals surface area contributed by atoms with Crippen LogP contribution in [-0.2, 0) is 14.3 Å². The zero-order chi connectivity index (χ0) is 24.5. The van der Waals surface area contributed by atoms with Gasteiger partial charge in [0.1, 0.15) is 11.8 Å². The maximum atomic E-state index is 13.3. The molecule has 0 spiro atoms. The van der Waals surface area contributed by atoms with E-state index in [9.17, 15) is 19.5 Å². The number of hydrogen-bond donors (Lipinski definition) is 1. The fraction of sp³-hybridized carbons (Fsp3) is 0.360. The summed E-state index contributed by atoms with van der Waals surface area (Å²) in [6.07, 6.45) is 2.13. The number of likely N-dealkylation sites (tertiary alicyclic amines) is 2. The van der Waals surface area contributed by atoms with Crippen LogP contribution in [0, 0.1) is 0 Å². The van der Waals surface area contributed by atoms with E-state index in [0.29, 0.717) is 48.7 Å². The van der Waals surface area contributed by atoms with Gasteiger partial charge in [-0.15, -0.1) is 0 Å². The van der Waals surface area contributed by atoms with E-state index in [2.05, 4.69) is 4.98 Å². The molecule has 2 aromatic rings. The number of Topliss-reactive ketones (excluding diaryl/α,β-unsaturated/α-hetero) is 1. The van der Waals surface area contributed by atoms with E-state index < -0.39 is 23.8 Å². The van der Waals surface area contributed by atoms with Crippen LogP contribution in [0.3, 0.4) is 0 Å². The van der Waals surface area contributed by atoms with Crippen LogP contribution in [0.15, 0.2) is 48.2 Å². The lowest BCUT2D eigenvalue weighted by molar-refractivity contribution is -0.142. The average Bonchev–Trinajstić information content (AvgIpc) is 3.46. The maximum absolute atomic E-state index is 13.3. The molecule has 182 valence electrons. The number of aliphatic hydroxyl groups excluding tert-OH is 1. The molecule has 2 saturated heterocycles. The summed E-state index contributed by atoms with van der Waals surface area (Å²) in [5.41, 5.74) is 0.785. The third kappa shape index (κ3) is 4.05. The molecule has 0 radical (unpaired) electrons. The van der Waals surface area contributed by atoms with Gasteiger partial charge in [-0.3, -0.25) is 14.6 Å². The van der Waals surface area contributed by atoms with E-state index in [1.165, 1.54) is 4.90 Å². The van der Waals surface area contributed by atoms with E-state index >= 15 is 0 Å². The molecule has 10 nitrogen and oxygen atoms in total. The Balaban J connectivity index is 1.51. The van der Waals surface area contributed by atoms with Gasteiger partial charge in [0.2, 0.25) is 6.79 Å². The molecule has 1 atom stereocenters. The summed E-state index contributed by atoms with van der Waals surface area (Å²) in [4.78, 5) is 46.2. The van der Waals surface area contributed by atoms with Gasteiger partial charge in [0, 0.05) is 30.9 Å². The minimum absolute atomic E-state index is 0.0274. The van der Waals surface area contributed by atoms with Crippen molar-refractivity contribution in [1.82, 2.24) is 14.8 Å². The average molecular weight is 479 g/mol. The molecule has 1 unspecified atom stereocenters. The van der Waals surface area contributed by atoms with Gasteiger partial charge in [-0.1, -0.05) is 6.07 Å². The molecule has 2 fully saturated rings. The Labute approximate surface area is 201 Å². The molecule has 0 bridgehead atoms. The van der Waals surface area contributed by atoms with Crippen LogP contribution in [0.25, 0.3) is 5.76 Å². The van der Waals surface area contributed by atoms with Crippen LogP contribution in [0.5, 0.6) is 11.5 Å². The van der Waals surface area contributed by atoms with Gasteiger partial charge in [-0.05, 0) is 50.1 Å². The third-order valence-corrected chi connectivity index (χ3v) is 6.48. The Bertz CT molecular complexity index is 1190. The molecule has 1 aromatic heterocycles. The van der Waals surface area contributed by atoms with Crippen molar-refractivity contribution in [3.8, 4) is 11.5 Å². The highest BCUT2D eigenvalue weighted by atomic mass is 16.7. The predicted octanol–water partition coefficient (Wildman–Crippen LogP) is 2.85. The van der Waals surface area contributed by atoms with E-state index in [4.69, 9.17) is 14.2 Å². The van der Waals surface area contributed by atoms with Crippen LogP contribution in [0.4, 0.5) is 4.79 Å². The molecular weight excluding hydrogens is 454 g/mol. The number of ketones is 1. The highest BCUT2D eigenvalue weighted by Crippen LogP contribution is 2.43. The Morgan fingerprint density at radius 1 is 1.14 bits per heavy atom. The van der Waals surface area contributed by atoms with Crippen LogP contribution >= 0.6 is 0 Å². The van der Waals surface area contributed by atoms with Crippen molar-refractivity contribution in [2.24, 2.45) is 0 Å². The number of amides is 2. The molecule has 1 aromatic carbocycles. The predicted molar refractivity (Wildman–Crippen MR) is 123 cm³/mol. The monoisotopic (exact) mass is 479 g/mol. The second-order valence-corrected chi connectivity index (χ2v) is 8.45. The molecule has 5 rings (SSSR count). The van der Waals surface area contributed by atoms with Crippen molar-refractivity contribution in [3.63, 3.8) is 0 Å². The molecule has 0 saturated carbocycles. The first-order valence-electron chi connectivity index (χ1n) is 11.5. The SMILES string of the molecule is CCOC(=O)N1CCC(N2C(=O)C(=O)/C(=C(\O)c3ccc4c(c3)OCO4)C2c2ccccn2)CC1. The number of nitrogens with zero attached hydrogens (tertiary/aromatic N) is 3. The number of piperidine rings is 1. The smallest absolute Gasteiger partial charge is 0.409 e. The van der Waals surface area contributed by atoms with Crippen molar-refractivity contribution in [3.05, 3.63) is 59.4 Å². The highest BCUT2D eigenvalue weighted by Gasteiger charge is 2.50. The molecular formula is C25H25N3O7. The number of pyridine rings is 1. The first-order valence-corrected chi connectivity index (χ1v) is 11.5. The number of aliphatic hydroxyl groups is 1. The topological polar surface area (TPSA) is 119 Å². The van der Waals surface area contributed by atoms with Gasteiger partial charge >= 0.3 is 6.09 Å². The van der Waals surface area contributed by atoms with Crippen molar-refractivity contribution in [2.45, 2.75) is 31.8 Å². The van der Waals surface area contributed by atoms with E-state index in [-0.39, 0.29) is 30.8 Å². The Morgan fingerprint density at radius 2 is 1.91 bits per heavy atom. The zero-order valence-corrected chi connectivity index (χ0v) is 19.2. The molecule has 3 aliphatic rings. The largest absolute Gasteiger partial charge is 0.507 e. The van der Waals surface area contributed by atoms with Gasteiger partial charge in [0.05, 0.1) is 17.9 Å². The molecule has 0 aliphatic carbocycles. The highest BCUT2D eigenvalue weighted by molar-refractivity contribution is 6.46. The lowest BCUT2D eigenvalue weighted by atomic mass is 9.96. The summed E-state index contributed by atoms with van der Waals surface area (Å²) in [6.45, 7) is 2.89. The Morgan fingerprint density at radius 3 is 2.63 bits per heavy atom. The fourth-order valence-electron chi connectivity index (χ4n) is 4.80. The van der Waals surface area contributed by atoms with Gasteiger partial charge < -0.3 is 29.1 Å². The Kier molecular flexibility index (Phi) is 6.02. The number of carbonyl (C=O) groups excluding carboxylic acids is 3. The van der Waals surface area contributed by atoms with E-state index in [1.807, 2.05) is 0 Å². The molecule has 35 heavy (non-hydrogen) atoms. The summed E-state index contributed by atoms with van der Waals surface area (Å²) in [5.74, 6) is -0.787. The number of ether oxygens (including phenoxy) is 3. The molecule has 3 aliphatic heterocycles. The summed E-state index contributed by atoms with van der Waals surface area (Å²) in [5, 5.41) is 11.2. The van der Waals surface area contributed by atoms with Crippen LogP contribution in [0.2, 0.25) is 0 Å². The van der Waals surface area contributed by atoms with Gasteiger partial charge in [0.15, 0.2) is 11.5 Å².